The topological polar surface area (TPSA) is 93.5 Å². The summed E-state index contributed by atoms with van der Waals surface area (Å²) in [6.45, 7) is 0. The summed E-state index contributed by atoms with van der Waals surface area (Å²) in [7, 11) is 1.57. The lowest BCUT2D eigenvalue weighted by molar-refractivity contribution is -0.384. The number of nitro benzene ring substituents is 1. The maximum Gasteiger partial charge on any atom is 0.271 e. The van der Waals surface area contributed by atoms with Gasteiger partial charge in [0.1, 0.15) is 5.75 Å². The number of nitrogens with one attached hydrogen (secondary N) is 2. The van der Waals surface area contributed by atoms with Crippen molar-refractivity contribution in [3.05, 3.63) is 64.2 Å². The molecule has 0 aliphatic heterocycles. The van der Waals surface area contributed by atoms with E-state index in [1.807, 2.05) is 0 Å². The van der Waals surface area contributed by atoms with Crippen molar-refractivity contribution in [2.45, 2.75) is 6.42 Å². The Hall–Kier alpha value is -3.00. The first-order valence-electron chi connectivity index (χ1n) is 6.96. The number of non-ortho nitro benzene ring substituents is 1. The van der Waals surface area contributed by atoms with Gasteiger partial charge in [0, 0.05) is 17.8 Å². The Kier molecular flexibility index (Phi) is 5.80. The number of methoxy groups -OCH3 is 1. The van der Waals surface area contributed by atoms with Crippen molar-refractivity contribution in [1.29, 1.82) is 0 Å². The third-order valence-electron chi connectivity index (χ3n) is 3.09. The fourth-order valence-electron chi connectivity index (χ4n) is 1.96. The zero-order valence-electron chi connectivity index (χ0n) is 12.8. The van der Waals surface area contributed by atoms with Crippen LogP contribution in [-0.2, 0) is 11.2 Å². The van der Waals surface area contributed by atoms with Gasteiger partial charge in [-0.3, -0.25) is 14.9 Å². The average molecular weight is 345 g/mol. The van der Waals surface area contributed by atoms with Gasteiger partial charge in [-0.15, -0.1) is 0 Å². The summed E-state index contributed by atoms with van der Waals surface area (Å²) in [5.74, 6) is 0.421. The van der Waals surface area contributed by atoms with Crippen molar-refractivity contribution in [1.82, 2.24) is 5.32 Å². The summed E-state index contributed by atoms with van der Waals surface area (Å²) < 4.78 is 5.05. The molecule has 2 N–H and O–H groups in total. The summed E-state index contributed by atoms with van der Waals surface area (Å²) in [5.41, 5.74) is 1.18. The molecule has 0 saturated carbocycles. The molecule has 0 bridgehead atoms. The van der Waals surface area contributed by atoms with Crippen LogP contribution in [0.2, 0.25) is 0 Å². The Morgan fingerprint density at radius 2 is 1.96 bits per heavy atom. The monoisotopic (exact) mass is 345 g/mol. The van der Waals surface area contributed by atoms with Crippen LogP contribution in [0.25, 0.3) is 0 Å². The Balaban J connectivity index is 1.90. The lowest BCUT2D eigenvalue weighted by Gasteiger charge is -2.09. The molecule has 0 saturated heterocycles. The maximum absolute atomic E-state index is 12.0. The summed E-state index contributed by atoms with van der Waals surface area (Å²) in [4.78, 5) is 22.2. The molecule has 0 aliphatic rings. The molecule has 2 aromatic carbocycles. The minimum Gasteiger partial charge on any atom is -0.497 e. The van der Waals surface area contributed by atoms with Crippen molar-refractivity contribution in [2.75, 3.05) is 12.4 Å². The van der Waals surface area contributed by atoms with Crippen molar-refractivity contribution in [3.8, 4) is 5.75 Å². The van der Waals surface area contributed by atoms with Crippen LogP contribution in [-0.4, -0.2) is 23.1 Å². The molecule has 0 spiro atoms. The number of anilines is 1. The number of ether oxygens (including phenoxy) is 1. The van der Waals surface area contributed by atoms with Crippen LogP contribution in [0.4, 0.5) is 11.4 Å². The van der Waals surface area contributed by atoms with E-state index in [0.717, 1.165) is 5.56 Å². The minimum absolute atomic E-state index is 0.0626. The molecule has 124 valence electrons. The number of thiocarbonyl (C=S) groups is 1. The summed E-state index contributed by atoms with van der Waals surface area (Å²) >= 11 is 5.04. The van der Waals surface area contributed by atoms with Gasteiger partial charge in [0.15, 0.2) is 5.11 Å². The average Bonchev–Trinajstić information content (AvgIpc) is 2.55. The molecule has 0 fully saturated rings. The SMILES string of the molecule is COc1ccc(CC(=O)NC(=S)Nc2cccc([N+](=O)[O-])c2)cc1. The third-order valence-corrected chi connectivity index (χ3v) is 3.30. The van der Waals surface area contributed by atoms with Crippen molar-refractivity contribution >= 4 is 34.6 Å². The quantitative estimate of drug-likeness (QED) is 0.492. The van der Waals surface area contributed by atoms with Crippen LogP contribution in [0.1, 0.15) is 5.56 Å². The molecule has 0 aromatic heterocycles. The zero-order chi connectivity index (χ0) is 17.5. The normalized spacial score (nSPS) is 9.88. The number of carbonyl (C=O) groups is 1. The number of nitrogens with zero attached hydrogens (tertiary/aromatic N) is 1. The van der Waals surface area contributed by atoms with Gasteiger partial charge in [-0.2, -0.15) is 0 Å². The predicted molar refractivity (Wildman–Crippen MR) is 94.2 cm³/mol. The van der Waals surface area contributed by atoms with Gasteiger partial charge >= 0.3 is 0 Å². The molecule has 0 unspecified atom stereocenters. The van der Waals surface area contributed by atoms with Crippen molar-refractivity contribution < 1.29 is 14.5 Å². The predicted octanol–water partition coefficient (Wildman–Crippen LogP) is 2.66. The fourth-order valence-corrected chi connectivity index (χ4v) is 2.19. The second-order valence-corrected chi connectivity index (χ2v) is 5.24. The van der Waals surface area contributed by atoms with Gasteiger partial charge in [-0.05, 0) is 36.0 Å². The first-order valence-corrected chi connectivity index (χ1v) is 7.37. The molecule has 0 heterocycles. The second-order valence-electron chi connectivity index (χ2n) is 4.83. The standard InChI is InChI=1S/C16H15N3O4S/c1-23-14-7-5-11(6-8-14)9-15(20)18-16(24)17-12-3-2-4-13(10-12)19(21)22/h2-8,10H,9H2,1H3,(H2,17,18,20,24). The number of carbonyl (C=O) groups excluding carboxylic acids is 1. The molecule has 0 radical (unpaired) electrons. The number of hydrogen-bond acceptors (Lipinski definition) is 5. The van der Waals surface area contributed by atoms with Gasteiger partial charge in [0.25, 0.3) is 5.69 Å². The molecular formula is C16H15N3O4S. The molecule has 0 atom stereocenters. The number of hydrogen-bond donors (Lipinski definition) is 2. The number of benzene rings is 2. The highest BCUT2D eigenvalue weighted by Crippen LogP contribution is 2.17. The van der Waals surface area contributed by atoms with E-state index < -0.39 is 4.92 Å². The summed E-state index contributed by atoms with van der Waals surface area (Å²) in [6.07, 6.45) is 0.154. The Morgan fingerprint density at radius 1 is 1.25 bits per heavy atom. The Bertz CT molecular complexity index is 762. The van der Waals surface area contributed by atoms with Gasteiger partial charge in [-0.1, -0.05) is 18.2 Å². The fraction of sp³-hybridized carbons (Fsp3) is 0.125. The van der Waals surface area contributed by atoms with E-state index in [9.17, 15) is 14.9 Å². The van der Waals surface area contributed by atoms with E-state index in [-0.39, 0.29) is 23.1 Å². The van der Waals surface area contributed by atoms with E-state index in [4.69, 9.17) is 17.0 Å². The van der Waals surface area contributed by atoms with E-state index >= 15 is 0 Å². The van der Waals surface area contributed by atoms with Crippen LogP contribution in [0.15, 0.2) is 48.5 Å². The van der Waals surface area contributed by atoms with Gasteiger partial charge in [0.2, 0.25) is 5.91 Å². The lowest BCUT2D eigenvalue weighted by Crippen LogP contribution is -2.35. The highest BCUT2D eigenvalue weighted by molar-refractivity contribution is 7.80. The largest absolute Gasteiger partial charge is 0.497 e. The van der Waals surface area contributed by atoms with Crippen molar-refractivity contribution in [2.24, 2.45) is 0 Å². The summed E-state index contributed by atoms with van der Waals surface area (Å²) in [6, 6.07) is 13.0. The molecule has 2 rings (SSSR count). The molecule has 7 nitrogen and oxygen atoms in total. The second kappa shape index (κ2) is 8.02. The third kappa shape index (κ3) is 5.03. The number of rotatable bonds is 5. The summed E-state index contributed by atoms with van der Waals surface area (Å²) in [5, 5.41) is 16.1. The minimum atomic E-state index is -0.503. The molecule has 0 aliphatic carbocycles. The Labute approximate surface area is 143 Å². The highest BCUT2D eigenvalue weighted by atomic mass is 32.1. The van der Waals surface area contributed by atoms with Crippen LogP contribution >= 0.6 is 12.2 Å². The number of amides is 1. The van der Waals surface area contributed by atoms with Crippen LogP contribution in [0.3, 0.4) is 0 Å². The molecule has 1 amide bonds. The molecule has 2 aromatic rings. The van der Waals surface area contributed by atoms with Crippen molar-refractivity contribution in [3.63, 3.8) is 0 Å². The molecule has 8 heteroatoms. The van der Waals surface area contributed by atoms with Gasteiger partial charge < -0.3 is 15.4 Å². The zero-order valence-corrected chi connectivity index (χ0v) is 13.6. The van der Waals surface area contributed by atoms with E-state index in [0.29, 0.717) is 11.4 Å². The highest BCUT2D eigenvalue weighted by Gasteiger charge is 2.09. The molecular weight excluding hydrogens is 330 g/mol. The lowest BCUT2D eigenvalue weighted by atomic mass is 10.1. The van der Waals surface area contributed by atoms with Gasteiger partial charge in [-0.25, -0.2) is 0 Å². The maximum atomic E-state index is 12.0. The van der Waals surface area contributed by atoms with Crippen LogP contribution < -0.4 is 15.4 Å². The van der Waals surface area contributed by atoms with E-state index in [1.165, 1.54) is 18.2 Å². The van der Waals surface area contributed by atoms with E-state index in [2.05, 4.69) is 10.6 Å². The first kappa shape index (κ1) is 17.4. The number of nitro groups is 1. The molecule has 24 heavy (non-hydrogen) atoms. The first-order chi connectivity index (χ1) is 11.5. The van der Waals surface area contributed by atoms with E-state index in [1.54, 1.807) is 37.4 Å². The Morgan fingerprint density at radius 3 is 2.58 bits per heavy atom. The van der Waals surface area contributed by atoms with Crippen LogP contribution in [0, 0.1) is 10.1 Å². The van der Waals surface area contributed by atoms with Gasteiger partial charge in [0.05, 0.1) is 18.5 Å². The smallest absolute Gasteiger partial charge is 0.271 e. The van der Waals surface area contributed by atoms with Crippen LogP contribution in [0.5, 0.6) is 5.75 Å².